The van der Waals surface area contributed by atoms with Gasteiger partial charge in [0.1, 0.15) is 0 Å². The zero-order chi connectivity index (χ0) is 12.1. The number of nitrogens with one attached hydrogen (secondary N) is 1. The lowest BCUT2D eigenvalue weighted by Gasteiger charge is -2.02. The summed E-state index contributed by atoms with van der Waals surface area (Å²) >= 11 is 1.15. The van der Waals surface area contributed by atoms with Crippen LogP contribution in [0.3, 0.4) is 0 Å². The molecule has 2 N–H and O–H groups in total. The van der Waals surface area contributed by atoms with E-state index in [0.29, 0.717) is 6.54 Å². The van der Waals surface area contributed by atoms with Crippen LogP contribution < -0.4 is 5.32 Å². The van der Waals surface area contributed by atoms with Gasteiger partial charge >= 0.3 is 5.97 Å². The van der Waals surface area contributed by atoms with Crippen LogP contribution in [-0.4, -0.2) is 32.4 Å². The fourth-order valence-electron chi connectivity index (χ4n) is 1.33. The van der Waals surface area contributed by atoms with Crippen LogP contribution >= 0.6 is 11.3 Å². The fraction of sp³-hybridized carbons (Fsp3) is 0.300. The molecule has 0 atom stereocenters. The van der Waals surface area contributed by atoms with Crippen molar-refractivity contribution in [3.8, 4) is 0 Å². The molecule has 0 aliphatic carbocycles. The Morgan fingerprint density at radius 1 is 1.59 bits per heavy atom. The highest BCUT2D eigenvalue weighted by Gasteiger charge is 2.07. The van der Waals surface area contributed by atoms with Crippen LogP contribution in [0.15, 0.2) is 23.8 Å². The molecular weight excluding hydrogens is 240 g/mol. The van der Waals surface area contributed by atoms with Gasteiger partial charge in [-0.15, -0.1) is 11.3 Å². The molecule has 0 unspecified atom stereocenters. The molecule has 2 rings (SSSR count). The average molecular weight is 252 g/mol. The van der Waals surface area contributed by atoms with Crippen molar-refractivity contribution in [2.24, 2.45) is 0 Å². The summed E-state index contributed by atoms with van der Waals surface area (Å²) in [7, 11) is 0. The van der Waals surface area contributed by atoms with Crippen LogP contribution in [-0.2, 0) is 13.1 Å². The van der Waals surface area contributed by atoms with Crippen molar-refractivity contribution in [3.63, 3.8) is 0 Å². The van der Waals surface area contributed by atoms with Gasteiger partial charge in [0.2, 0.25) is 5.01 Å². The van der Waals surface area contributed by atoms with E-state index in [1.807, 2.05) is 16.9 Å². The van der Waals surface area contributed by atoms with Crippen molar-refractivity contribution < 1.29 is 9.90 Å². The second kappa shape index (κ2) is 5.55. The Morgan fingerprint density at radius 2 is 2.47 bits per heavy atom. The van der Waals surface area contributed by atoms with Crippen LogP contribution in [0.2, 0.25) is 0 Å². The van der Waals surface area contributed by atoms with Crippen LogP contribution in [0.4, 0.5) is 0 Å². The molecule has 17 heavy (non-hydrogen) atoms. The first-order valence-electron chi connectivity index (χ1n) is 5.11. The highest BCUT2D eigenvalue weighted by atomic mass is 32.1. The second-order valence-corrected chi connectivity index (χ2v) is 4.25. The van der Waals surface area contributed by atoms with Crippen LogP contribution in [0.25, 0.3) is 0 Å². The minimum atomic E-state index is -0.974. The van der Waals surface area contributed by atoms with E-state index < -0.39 is 5.97 Å². The molecule has 2 aromatic rings. The molecule has 0 amide bonds. The summed E-state index contributed by atoms with van der Waals surface area (Å²) in [5.41, 5.74) is 0.757. The molecule has 0 fully saturated rings. The van der Waals surface area contributed by atoms with Crippen molar-refractivity contribution in [2.75, 3.05) is 6.54 Å². The molecule has 7 heteroatoms. The Kier molecular flexibility index (Phi) is 3.84. The van der Waals surface area contributed by atoms with E-state index in [0.717, 1.165) is 30.1 Å². The summed E-state index contributed by atoms with van der Waals surface area (Å²) in [4.78, 5) is 14.6. The van der Waals surface area contributed by atoms with Gasteiger partial charge in [-0.05, 0) is 6.07 Å². The number of hydrogen-bond acceptors (Lipinski definition) is 5. The number of nitrogens with zero attached hydrogens (tertiary/aromatic N) is 3. The topological polar surface area (TPSA) is 80.0 Å². The summed E-state index contributed by atoms with van der Waals surface area (Å²) in [6.07, 6.45) is 3.63. The first kappa shape index (κ1) is 11.7. The number of thiazole rings is 1. The summed E-state index contributed by atoms with van der Waals surface area (Å²) in [5, 5.41) is 17.9. The lowest BCUT2D eigenvalue weighted by atomic mass is 10.4. The predicted octanol–water partition coefficient (Wildman–Crippen LogP) is 0.828. The maximum absolute atomic E-state index is 10.6. The highest BCUT2D eigenvalue weighted by Crippen LogP contribution is 2.08. The van der Waals surface area contributed by atoms with Crippen LogP contribution in [0.1, 0.15) is 15.5 Å². The van der Waals surface area contributed by atoms with Gasteiger partial charge in [-0.3, -0.25) is 4.68 Å². The third-order valence-electron chi connectivity index (χ3n) is 2.12. The Morgan fingerprint density at radius 3 is 3.12 bits per heavy atom. The third kappa shape index (κ3) is 3.36. The van der Waals surface area contributed by atoms with Crippen molar-refractivity contribution in [3.05, 3.63) is 34.5 Å². The van der Waals surface area contributed by atoms with Crippen molar-refractivity contribution in [1.29, 1.82) is 0 Å². The molecular formula is C10H12N4O2S. The molecule has 2 heterocycles. The largest absolute Gasteiger partial charge is 0.476 e. The van der Waals surface area contributed by atoms with Gasteiger partial charge in [-0.2, -0.15) is 5.10 Å². The van der Waals surface area contributed by atoms with Crippen molar-refractivity contribution in [2.45, 2.75) is 13.1 Å². The average Bonchev–Trinajstić information content (AvgIpc) is 2.96. The molecule has 0 spiro atoms. The normalized spacial score (nSPS) is 10.6. The molecule has 0 bridgehead atoms. The summed E-state index contributed by atoms with van der Waals surface area (Å²) in [6, 6.07) is 1.87. The maximum atomic E-state index is 10.6. The second-order valence-electron chi connectivity index (χ2n) is 3.40. The lowest BCUT2D eigenvalue weighted by molar-refractivity contribution is 0.0696. The number of aromatic carboxylic acids is 1. The van der Waals surface area contributed by atoms with E-state index in [9.17, 15) is 4.79 Å². The summed E-state index contributed by atoms with van der Waals surface area (Å²) < 4.78 is 1.83. The number of carboxylic acids is 1. The van der Waals surface area contributed by atoms with Crippen molar-refractivity contribution >= 4 is 17.3 Å². The first-order valence-corrected chi connectivity index (χ1v) is 5.99. The van der Waals surface area contributed by atoms with Gasteiger partial charge in [0, 0.05) is 30.9 Å². The highest BCUT2D eigenvalue weighted by molar-refractivity contribution is 7.11. The Hall–Kier alpha value is -1.73. The number of rotatable bonds is 6. The van der Waals surface area contributed by atoms with Gasteiger partial charge in [0.15, 0.2) is 0 Å². The molecule has 0 saturated carbocycles. The zero-order valence-electron chi connectivity index (χ0n) is 9.04. The first-order chi connectivity index (χ1) is 8.25. The van der Waals surface area contributed by atoms with Crippen LogP contribution in [0.5, 0.6) is 0 Å². The van der Waals surface area contributed by atoms with E-state index in [1.54, 1.807) is 11.6 Å². The smallest absolute Gasteiger partial charge is 0.365 e. The lowest BCUT2D eigenvalue weighted by Crippen LogP contribution is -2.20. The number of carboxylic acid groups (broad SMARTS) is 1. The van der Waals surface area contributed by atoms with Gasteiger partial charge in [0.05, 0.1) is 12.2 Å². The predicted molar refractivity (Wildman–Crippen MR) is 63.0 cm³/mol. The van der Waals surface area contributed by atoms with Gasteiger partial charge in [-0.25, -0.2) is 9.78 Å². The zero-order valence-corrected chi connectivity index (χ0v) is 9.85. The molecule has 0 saturated heterocycles. The molecule has 0 aromatic carbocycles. The molecule has 6 nitrogen and oxygen atoms in total. The Bertz CT molecular complexity index is 480. The van der Waals surface area contributed by atoms with E-state index in [-0.39, 0.29) is 5.01 Å². The molecule has 0 aliphatic heterocycles. The van der Waals surface area contributed by atoms with E-state index >= 15 is 0 Å². The SMILES string of the molecule is O=C(O)c1nc(CNCCn2cccn2)cs1. The number of aromatic nitrogens is 3. The van der Waals surface area contributed by atoms with Gasteiger partial charge in [0.25, 0.3) is 0 Å². The third-order valence-corrected chi connectivity index (χ3v) is 3.00. The monoisotopic (exact) mass is 252 g/mol. The summed E-state index contributed by atoms with van der Waals surface area (Å²) in [6.45, 7) is 2.12. The summed E-state index contributed by atoms with van der Waals surface area (Å²) in [5.74, 6) is -0.974. The molecule has 90 valence electrons. The van der Waals surface area contributed by atoms with E-state index in [1.165, 1.54) is 0 Å². The molecule has 0 radical (unpaired) electrons. The maximum Gasteiger partial charge on any atom is 0.365 e. The van der Waals surface area contributed by atoms with Crippen LogP contribution in [0, 0.1) is 0 Å². The fourth-order valence-corrected chi connectivity index (χ4v) is 1.98. The standard InChI is InChI=1S/C10H12N4O2S/c15-10(16)9-13-8(7-17-9)6-11-3-5-14-4-1-2-12-14/h1-2,4,7,11H,3,5-6H2,(H,15,16). The number of hydrogen-bond donors (Lipinski definition) is 2. The van der Waals surface area contributed by atoms with E-state index in [2.05, 4.69) is 15.4 Å². The Labute approximate surface area is 102 Å². The van der Waals surface area contributed by atoms with Gasteiger partial charge < -0.3 is 10.4 Å². The number of carbonyl (C=O) groups is 1. The quantitative estimate of drug-likeness (QED) is 0.744. The van der Waals surface area contributed by atoms with E-state index in [4.69, 9.17) is 5.11 Å². The van der Waals surface area contributed by atoms with Gasteiger partial charge in [-0.1, -0.05) is 0 Å². The van der Waals surface area contributed by atoms with Crippen molar-refractivity contribution in [1.82, 2.24) is 20.1 Å². The molecule has 2 aromatic heterocycles. The molecule has 0 aliphatic rings. The minimum Gasteiger partial charge on any atom is -0.476 e. The minimum absolute atomic E-state index is 0.133. The Balaban J connectivity index is 1.72.